The number of fused-ring (bicyclic) bond motifs is 1. The van der Waals surface area contributed by atoms with Gasteiger partial charge in [0.1, 0.15) is 5.82 Å². The van der Waals surface area contributed by atoms with Crippen LogP contribution in [0.15, 0.2) is 48.5 Å². The molecule has 2 aromatic heterocycles. The van der Waals surface area contributed by atoms with Crippen LogP contribution < -0.4 is 15.8 Å². The number of aromatic amines is 1. The molecule has 2 heterocycles. The van der Waals surface area contributed by atoms with E-state index in [-0.39, 0.29) is 45.8 Å². The molecule has 0 bridgehead atoms. The fraction of sp³-hybridized carbons (Fsp3) is 0.269. The van der Waals surface area contributed by atoms with Crippen molar-refractivity contribution in [2.75, 3.05) is 32.6 Å². The molecule has 4 rings (SSSR count). The Balaban J connectivity index is 2.10. The first-order valence-electron chi connectivity index (χ1n) is 12.5. The van der Waals surface area contributed by atoms with Gasteiger partial charge in [-0.2, -0.15) is 18.3 Å². The molecule has 4 aromatic rings. The van der Waals surface area contributed by atoms with Crippen LogP contribution in [-0.4, -0.2) is 78.0 Å². The predicted octanol–water partition coefficient (Wildman–Crippen LogP) is 2.37. The molecule has 230 valence electrons. The maximum absolute atomic E-state index is 14.5. The second-order valence-electron chi connectivity index (χ2n) is 9.51. The first kappa shape index (κ1) is 31.6. The Bertz CT molecular complexity index is 1770. The van der Waals surface area contributed by atoms with Crippen molar-refractivity contribution < 1.29 is 41.0 Å². The minimum Gasteiger partial charge on any atom is -0.505 e. The summed E-state index contributed by atoms with van der Waals surface area (Å²) in [7, 11) is -2.07. The number of amides is 1. The minimum absolute atomic E-state index is 0.0127. The van der Waals surface area contributed by atoms with E-state index in [1.807, 2.05) is 0 Å². The van der Waals surface area contributed by atoms with Gasteiger partial charge >= 0.3 is 6.18 Å². The fourth-order valence-electron chi connectivity index (χ4n) is 4.73. The summed E-state index contributed by atoms with van der Waals surface area (Å²) in [4.78, 5) is 15.9. The number of aromatic nitrogens is 3. The molecule has 0 aliphatic rings. The number of hydrogen-bond acceptors (Lipinski definition) is 9. The molecular formula is C26H27F4N7O5S. The number of pyridine rings is 1. The number of H-pyrrole nitrogens is 1. The van der Waals surface area contributed by atoms with Crippen molar-refractivity contribution in [2.24, 2.45) is 5.14 Å². The molecule has 0 aliphatic carbocycles. The number of hydrogen-bond donors (Lipinski definition) is 6. The van der Waals surface area contributed by atoms with E-state index in [0.717, 1.165) is 0 Å². The minimum atomic E-state index is -4.76. The number of carbonyl (C=O) groups is 1. The largest absolute Gasteiger partial charge is 0.505 e. The van der Waals surface area contributed by atoms with Gasteiger partial charge < -0.3 is 20.8 Å². The van der Waals surface area contributed by atoms with Crippen LogP contribution in [0.1, 0.15) is 21.6 Å². The number of rotatable bonds is 10. The standard InChI is InChI=1S/C26H27F4N7O5S/c1-32-24(40)22-21-19(35-36-22)12-18(16-11-17(27)20(39)10-14(16)13-25(28,29)30)33-23(21)34-26(43(31,41)42,37(2)8-9-38)15-6-4-3-5-7-15/h3-7,10-12,38-39H,8-9,13H2,1-2H3,(H,32,40)(H,33,34)(H,35,36)(H2,31,41,42). The summed E-state index contributed by atoms with van der Waals surface area (Å²) in [6.07, 6.45) is -6.32. The average molecular weight is 626 g/mol. The molecule has 0 spiro atoms. The van der Waals surface area contributed by atoms with Crippen molar-refractivity contribution in [2.45, 2.75) is 17.6 Å². The molecule has 2 aromatic carbocycles. The number of benzene rings is 2. The summed E-state index contributed by atoms with van der Waals surface area (Å²) >= 11 is 0. The molecule has 1 amide bonds. The van der Waals surface area contributed by atoms with Crippen LogP contribution in [0.5, 0.6) is 5.75 Å². The molecule has 0 saturated heterocycles. The van der Waals surface area contributed by atoms with Crippen molar-refractivity contribution in [3.05, 3.63) is 71.2 Å². The number of phenols is 1. The van der Waals surface area contributed by atoms with Gasteiger partial charge in [-0.1, -0.05) is 30.3 Å². The van der Waals surface area contributed by atoms with Gasteiger partial charge in [-0.3, -0.25) is 14.8 Å². The van der Waals surface area contributed by atoms with Gasteiger partial charge in [0.15, 0.2) is 17.3 Å². The SMILES string of the molecule is CNC(=O)c1n[nH]c2cc(-c3cc(F)c(O)cc3CC(F)(F)F)nc(NC(c3ccccc3)(N(C)CCO)S(N)(=O)=O)c12. The van der Waals surface area contributed by atoms with E-state index in [9.17, 15) is 41.0 Å². The number of nitrogens with zero attached hydrogens (tertiary/aromatic N) is 3. The first-order valence-corrected chi connectivity index (χ1v) is 14.1. The Morgan fingerprint density at radius 1 is 1.16 bits per heavy atom. The highest BCUT2D eigenvalue weighted by atomic mass is 32.2. The Morgan fingerprint density at radius 2 is 1.84 bits per heavy atom. The number of anilines is 1. The smallest absolute Gasteiger partial charge is 0.393 e. The fourth-order valence-corrected chi connectivity index (χ4v) is 5.96. The van der Waals surface area contributed by atoms with Crippen LogP contribution in [0.25, 0.3) is 22.2 Å². The van der Waals surface area contributed by atoms with Crippen molar-refractivity contribution in [3.63, 3.8) is 0 Å². The molecule has 0 radical (unpaired) electrons. The molecule has 0 aliphatic heterocycles. The van der Waals surface area contributed by atoms with E-state index < -0.39 is 57.3 Å². The zero-order chi connectivity index (χ0) is 31.7. The number of phenolic OH excluding ortho intramolecular Hbond substituents is 1. The zero-order valence-corrected chi connectivity index (χ0v) is 23.5. The van der Waals surface area contributed by atoms with Crippen molar-refractivity contribution in [1.29, 1.82) is 0 Å². The second-order valence-corrected chi connectivity index (χ2v) is 11.2. The summed E-state index contributed by atoms with van der Waals surface area (Å²) in [5.74, 6) is -3.36. The van der Waals surface area contributed by atoms with Crippen LogP contribution in [0, 0.1) is 5.82 Å². The third-order valence-corrected chi connectivity index (χ3v) is 8.14. The predicted molar refractivity (Wildman–Crippen MR) is 149 cm³/mol. The van der Waals surface area contributed by atoms with Crippen LogP contribution >= 0.6 is 0 Å². The number of likely N-dealkylation sites (N-methyl/N-ethyl adjacent to an activating group) is 1. The van der Waals surface area contributed by atoms with Crippen molar-refractivity contribution in [1.82, 2.24) is 25.4 Å². The highest BCUT2D eigenvalue weighted by molar-refractivity contribution is 7.90. The second kappa shape index (κ2) is 11.8. The highest BCUT2D eigenvalue weighted by Crippen LogP contribution is 2.39. The van der Waals surface area contributed by atoms with Gasteiger partial charge in [0.2, 0.25) is 4.99 Å². The lowest BCUT2D eigenvalue weighted by Crippen LogP contribution is -2.59. The molecule has 0 fully saturated rings. The average Bonchev–Trinajstić information content (AvgIpc) is 3.36. The summed E-state index contributed by atoms with van der Waals surface area (Å²) < 4.78 is 81.8. The highest BCUT2D eigenvalue weighted by Gasteiger charge is 2.48. The number of alkyl halides is 3. The molecule has 17 heteroatoms. The van der Waals surface area contributed by atoms with E-state index in [1.165, 1.54) is 49.3 Å². The number of nitrogens with two attached hydrogens (primary N) is 1. The number of aromatic hydroxyl groups is 1. The Hall–Kier alpha value is -4.32. The summed E-state index contributed by atoms with van der Waals surface area (Å²) in [5, 5.41) is 37.0. The van der Waals surface area contributed by atoms with Gasteiger partial charge in [0, 0.05) is 24.7 Å². The molecular weight excluding hydrogens is 598 g/mol. The number of carbonyl (C=O) groups excluding carboxylic acids is 1. The van der Waals surface area contributed by atoms with Crippen LogP contribution in [0.2, 0.25) is 0 Å². The van der Waals surface area contributed by atoms with Crippen LogP contribution in [-0.2, 0) is 21.4 Å². The lowest BCUT2D eigenvalue weighted by Gasteiger charge is -2.40. The van der Waals surface area contributed by atoms with Gasteiger partial charge in [0.25, 0.3) is 15.9 Å². The third-order valence-electron chi connectivity index (χ3n) is 6.66. The maximum atomic E-state index is 14.5. The summed E-state index contributed by atoms with van der Waals surface area (Å²) in [6.45, 7) is -0.748. The molecule has 43 heavy (non-hydrogen) atoms. The van der Waals surface area contributed by atoms with Gasteiger partial charge in [-0.05, 0) is 30.8 Å². The quantitative estimate of drug-likeness (QED) is 0.114. The van der Waals surface area contributed by atoms with E-state index in [2.05, 4.69) is 25.8 Å². The number of nitrogens with one attached hydrogen (secondary N) is 3. The van der Waals surface area contributed by atoms with Gasteiger partial charge in [0.05, 0.1) is 29.6 Å². The monoisotopic (exact) mass is 625 g/mol. The molecule has 7 N–H and O–H groups in total. The topological polar surface area (TPSA) is 187 Å². The number of primary sulfonamides is 1. The third kappa shape index (κ3) is 6.10. The normalized spacial score (nSPS) is 13.7. The lowest BCUT2D eigenvalue weighted by atomic mass is 9.99. The number of sulfonamides is 1. The van der Waals surface area contributed by atoms with E-state index in [1.54, 1.807) is 6.07 Å². The molecule has 0 saturated carbocycles. The molecule has 12 nitrogen and oxygen atoms in total. The number of halogens is 4. The maximum Gasteiger partial charge on any atom is 0.393 e. The summed E-state index contributed by atoms with van der Waals surface area (Å²) in [5.41, 5.74) is -1.38. The Labute approximate surface area is 242 Å². The Kier molecular flexibility index (Phi) is 8.64. The number of aliphatic hydroxyl groups excluding tert-OH is 1. The van der Waals surface area contributed by atoms with Crippen molar-refractivity contribution >= 4 is 32.7 Å². The molecule has 1 atom stereocenters. The zero-order valence-electron chi connectivity index (χ0n) is 22.7. The van der Waals surface area contributed by atoms with Crippen molar-refractivity contribution in [3.8, 4) is 17.0 Å². The first-order chi connectivity index (χ1) is 20.1. The lowest BCUT2D eigenvalue weighted by molar-refractivity contribution is -0.127. The number of aliphatic hydroxyl groups is 1. The summed E-state index contributed by atoms with van der Waals surface area (Å²) in [6, 6.07) is 10.0. The van der Waals surface area contributed by atoms with Gasteiger partial charge in [-0.15, -0.1) is 0 Å². The Morgan fingerprint density at radius 3 is 2.42 bits per heavy atom. The van der Waals surface area contributed by atoms with E-state index in [4.69, 9.17) is 5.14 Å². The molecule has 1 unspecified atom stereocenters. The van der Waals surface area contributed by atoms with Crippen LogP contribution in [0.4, 0.5) is 23.4 Å². The van der Waals surface area contributed by atoms with E-state index in [0.29, 0.717) is 12.1 Å². The van der Waals surface area contributed by atoms with Gasteiger partial charge in [-0.25, -0.2) is 22.9 Å². The van der Waals surface area contributed by atoms with Crippen LogP contribution in [0.3, 0.4) is 0 Å². The van der Waals surface area contributed by atoms with E-state index >= 15 is 0 Å².